The van der Waals surface area contributed by atoms with Crippen molar-refractivity contribution in [3.63, 3.8) is 0 Å². The molecule has 2 fully saturated rings. The molecule has 0 saturated carbocycles. The molecule has 0 bridgehead atoms. The topological polar surface area (TPSA) is 210 Å². The van der Waals surface area contributed by atoms with E-state index in [1.54, 1.807) is 30.2 Å². The van der Waals surface area contributed by atoms with Gasteiger partial charge in [-0.05, 0) is 11.6 Å². The van der Waals surface area contributed by atoms with Crippen LogP contribution in [0.5, 0.6) is 0 Å². The number of hydrogen-bond donors (Lipinski definition) is 5. The van der Waals surface area contributed by atoms with Crippen molar-refractivity contribution in [3.8, 4) is 0 Å². The van der Waals surface area contributed by atoms with Crippen molar-refractivity contribution in [2.75, 3.05) is 30.3 Å². The van der Waals surface area contributed by atoms with Crippen LogP contribution in [0, 0.1) is 0 Å². The Kier molecular flexibility index (Phi) is 8.23. The van der Waals surface area contributed by atoms with Gasteiger partial charge in [-0.25, -0.2) is 0 Å². The molecule has 2 aliphatic heterocycles. The molecule has 36 heavy (non-hydrogen) atoms. The van der Waals surface area contributed by atoms with Crippen LogP contribution in [0.25, 0.3) is 0 Å². The lowest BCUT2D eigenvalue weighted by molar-refractivity contribution is -0.151. The van der Waals surface area contributed by atoms with Gasteiger partial charge in [-0.3, -0.25) is 19.4 Å². The number of thioether (sulfide) groups is 3. The fraction of sp³-hybridized carbons (Fsp3) is 0.421. The molecule has 13 nitrogen and oxygen atoms in total. The van der Waals surface area contributed by atoms with Crippen LogP contribution in [0.4, 0.5) is 5.13 Å². The van der Waals surface area contributed by atoms with E-state index in [0.29, 0.717) is 12.3 Å². The smallest absolute Gasteiger partial charge is 0.322 e. The molecule has 2 aromatic heterocycles. The Bertz CT molecular complexity index is 1200. The largest absolute Gasteiger partial charge is 0.480 e. The van der Waals surface area contributed by atoms with Gasteiger partial charge in [0.25, 0.3) is 5.91 Å². The van der Waals surface area contributed by atoms with Crippen LogP contribution in [-0.2, 0) is 20.1 Å². The van der Waals surface area contributed by atoms with Crippen LogP contribution in [0.3, 0.4) is 0 Å². The van der Waals surface area contributed by atoms with Crippen LogP contribution in [0.2, 0.25) is 0 Å². The molecule has 2 saturated heterocycles. The molecule has 7 N–H and O–H groups in total. The Labute approximate surface area is 222 Å². The first-order chi connectivity index (χ1) is 17.3. The summed E-state index contributed by atoms with van der Waals surface area (Å²) in [5, 5.41) is 24.5. The van der Waals surface area contributed by atoms with Crippen LogP contribution < -0.4 is 16.8 Å². The number of nitrogens with one attached hydrogen (secondary N) is 1. The van der Waals surface area contributed by atoms with Crippen molar-refractivity contribution >= 4 is 75.4 Å². The predicted octanol–water partition coefficient (Wildman–Crippen LogP) is -0.0989. The van der Waals surface area contributed by atoms with Crippen LogP contribution >= 0.6 is 46.8 Å². The number of β-lactam (4-membered cyclic amide) rings is 1. The normalized spacial score (nSPS) is 23.6. The number of anilines is 1. The number of aliphatic carboxylic acids is 1. The number of nitrogen functional groups attached to an aromatic ring is 1. The molecule has 3 atom stereocenters. The summed E-state index contributed by atoms with van der Waals surface area (Å²) < 4.78 is 2.56. The zero-order chi connectivity index (χ0) is 25.9. The van der Waals surface area contributed by atoms with E-state index in [0.717, 1.165) is 27.7 Å². The highest BCUT2D eigenvalue weighted by Crippen LogP contribution is 2.47. The van der Waals surface area contributed by atoms with E-state index in [9.17, 15) is 24.7 Å². The van der Waals surface area contributed by atoms with Crippen molar-refractivity contribution < 1.29 is 24.7 Å². The summed E-state index contributed by atoms with van der Waals surface area (Å²) in [5.41, 5.74) is 11.5. The van der Waals surface area contributed by atoms with Crippen LogP contribution in [0.1, 0.15) is 11.4 Å². The Hall–Kier alpha value is -2.60. The van der Waals surface area contributed by atoms with Crippen molar-refractivity contribution in [1.82, 2.24) is 24.6 Å². The van der Waals surface area contributed by atoms with Gasteiger partial charge in [-0.2, -0.15) is 21.1 Å². The van der Waals surface area contributed by atoms with Gasteiger partial charge in [0, 0.05) is 59.2 Å². The van der Waals surface area contributed by atoms with Crippen LogP contribution in [0.15, 0.2) is 28.5 Å². The molecule has 4 rings (SSSR count). The minimum absolute atomic E-state index is 0.0291. The zero-order valence-corrected chi connectivity index (χ0v) is 21.8. The monoisotopic (exact) mass is 570 g/mol. The highest BCUT2D eigenvalue weighted by Gasteiger charge is 2.58. The van der Waals surface area contributed by atoms with Gasteiger partial charge >= 0.3 is 5.97 Å². The lowest BCUT2D eigenvalue weighted by Gasteiger charge is -2.53. The average Bonchev–Trinajstić information content (AvgIpc) is 3.29. The SMILES string of the molecule is NCCSCc1cnccc1SC1(C(=O)O)CS[C@@H]2[C@H](NC(=O)C(=NO)c3nsc(N)n3)C(=O)N2C1. The summed E-state index contributed by atoms with van der Waals surface area (Å²) in [6.45, 7) is 0.512. The van der Waals surface area contributed by atoms with E-state index in [1.165, 1.54) is 28.4 Å². The van der Waals surface area contributed by atoms with Gasteiger partial charge in [0.2, 0.25) is 17.4 Å². The summed E-state index contributed by atoms with van der Waals surface area (Å²) in [6.07, 6.45) is 3.32. The zero-order valence-electron chi connectivity index (χ0n) is 18.6. The quantitative estimate of drug-likeness (QED) is 0.0831. The number of carbonyl (C=O) groups excluding carboxylic acids is 2. The molecule has 17 heteroatoms. The highest BCUT2D eigenvalue weighted by molar-refractivity contribution is 8.05. The summed E-state index contributed by atoms with van der Waals surface area (Å²) in [6, 6.07) is 0.872. The van der Waals surface area contributed by atoms with E-state index in [-0.39, 0.29) is 23.3 Å². The van der Waals surface area contributed by atoms with E-state index < -0.39 is 39.7 Å². The number of carbonyl (C=O) groups is 3. The number of carboxylic acid groups (broad SMARTS) is 1. The Morgan fingerprint density at radius 3 is 2.89 bits per heavy atom. The molecule has 0 radical (unpaired) electrons. The third-order valence-electron chi connectivity index (χ3n) is 5.38. The number of aromatic nitrogens is 3. The van der Waals surface area contributed by atoms with E-state index in [4.69, 9.17) is 11.5 Å². The molecule has 1 unspecified atom stereocenters. The Balaban J connectivity index is 1.45. The average molecular weight is 571 g/mol. The first-order valence-electron chi connectivity index (χ1n) is 10.5. The van der Waals surface area contributed by atoms with Gasteiger partial charge in [0.1, 0.15) is 16.2 Å². The lowest BCUT2D eigenvalue weighted by Crippen LogP contribution is -2.74. The highest BCUT2D eigenvalue weighted by atomic mass is 32.2. The molecule has 0 aromatic carbocycles. The predicted molar refractivity (Wildman–Crippen MR) is 138 cm³/mol. The van der Waals surface area contributed by atoms with Gasteiger partial charge in [0.15, 0.2) is 5.13 Å². The fourth-order valence-corrected chi connectivity index (χ4v) is 7.83. The summed E-state index contributed by atoms with van der Waals surface area (Å²) in [4.78, 5) is 48.2. The number of amides is 2. The Morgan fingerprint density at radius 2 is 2.22 bits per heavy atom. The van der Waals surface area contributed by atoms with Crippen molar-refractivity contribution in [3.05, 3.63) is 29.8 Å². The number of carboxylic acids is 1. The third kappa shape index (κ3) is 5.24. The molecule has 192 valence electrons. The number of rotatable bonds is 10. The number of hydrogen-bond acceptors (Lipinski definition) is 14. The fourth-order valence-electron chi connectivity index (χ4n) is 3.62. The first kappa shape index (κ1) is 26.5. The second-order valence-electron chi connectivity index (χ2n) is 7.75. The molecular weight excluding hydrogens is 549 g/mol. The van der Waals surface area contributed by atoms with E-state index >= 15 is 0 Å². The number of nitrogens with two attached hydrogens (primary N) is 2. The molecular formula is C19H22N8O5S4. The van der Waals surface area contributed by atoms with Gasteiger partial charge < -0.3 is 32.0 Å². The Morgan fingerprint density at radius 1 is 1.42 bits per heavy atom. The van der Waals surface area contributed by atoms with Crippen molar-refractivity contribution in [2.24, 2.45) is 10.9 Å². The number of pyridine rings is 1. The van der Waals surface area contributed by atoms with Gasteiger partial charge in [-0.1, -0.05) is 5.16 Å². The second kappa shape index (κ2) is 11.2. The molecule has 4 heterocycles. The minimum atomic E-state index is -1.28. The number of nitrogens with zero attached hydrogens (tertiary/aromatic N) is 5. The van der Waals surface area contributed by atoms with Crippen molar-refractivity contribution in [1.29, 1.82) is 0 Å². The molecule has 2 amide bonds. The molecule has 2 aliphatic rings. The molecule has 0 aliphatic carbocycles. The van der Waals surface area contributed by atoms with E-state index in [2.05, 4.69) is 24.8 Å². The van der Waals surface area contributed by atoms with E-state index in [1.807, 2.05) is 0 Å². The maximum Gasteiger partial charge on any atom is 0.322 e. The standard InChI is InChI=1S/C19H22N8O5S4/c20-2-4-33-6-9-5-22-3-1-10(9)35-19(17(30)31)7-27-15(29)12(16(27)34-8-19)23-14(28)11(25-32)13-24-18(21)36-26-13/h1,3,5,12,16,32H,2,4,6-8,20H2,(H,23,28)(H,30,31)(H2,21,24,26)/t12-,16-,19?/m1/s1. The second-order valence-corrected chi connectivity index (χ2v) is 12.2. The third-order valence-corrected chi connectivity index (χ3v) is 10.1. The maximum absolute atomic E-state index is 12.9. The summed E-state index contributed by atoms with van der Waals surface area (Å²) in [7, 11) is 0. The molecule has 0 spiro atoms. The van der Waals surface area contributed by atoms with Gasteiger partial charge in [-0.15, -0.1) is 23.5 Å². The lowest BCUT2D eigenvalue weighted by atomic mass is 10.0. The summed E-state index contributed by atoms with van der Waals surface area (Å²) in [5.74, 6) is -0.835. The van der Waals surface area contributed by atoms with Crippen LogP contribution in [-0.4, -0.2) is 93.8 Å². The minimum Gasteiger partial charge on any atom is -0.480 e. The summed E-state index contributed by atoms with van der Waals surface area (Å²) >= 11 is 4.93. The molecule has 2 aromatic rings. The maximum atomic E-state index is 12.9. The number of oxime groups is 1. The van der Waals surface area contributed by atoms with Crippen molar-refractivity contribution in [2.45, 2.75) is 26.8 Å². The first-order valence-corrected chi connectivity index (χ1v) is 14.3. The number of fused-ring (bicyclic) bond motifs is 1. The van der Waals surface area contributed by atoms with Gasteiger partial charge in [0.05, 0.1) is 0 Å².